The number of aliphatic carboxylic acids is 1. The number of alkyl halides is 9. The average molecular weight is 749 g/mol. The molecule has 2 aromatic carbocycles. The number of halogens is 9. The van der Waals surface area contributed by atoms with Crippen LogP contribution in [-0.4, -0.2) is 48.8 Å². The summed E-state index contributed by atoms with van der Waals surface area (Å²) >= 11 is 0. The van der Waals surface area contributed by atoms with E-state index in [9.17, 15) is 65.9 Å². The van der Waals surface area contributed by atoms with E-state index < -0.39 is 98.4 Å². The number of hydrogen-bond acceptors (Lipinski definition) is 7. The second kappa shape index (κ2) is 13.6. The number of rotatable bonds is 8. The van der Waals surface area contributed by atoms with Crippen molar-refractivity contribution in [3.8, 4) is 0 Å². The van der Waals surface area contributed by atoms with Crippen molar-refractivity contribution in [2.45, 2.75) is 65.0 Å². The molecule has 49 heavy (non-hydrogen) atoms. The van der Waals surface area contributed by atoms with Crippen molar-refractivity contribution in [1.82, 2.24) is 4.98 Å². The van der Waals surface area contributed by atoms with Crippen LogP contribution in [0.3, 0.4) is 0 Å². The normalized spacial score (nSPS) is 15.5. The lowest BCUT2D eigenvalue weighted by atomic mass is 10.1. The molecular weight excluding hydrogens is 723 g/mol. The number of nitrogens with one attached hydrogen (secondary N) is 1. The Morgan fingerprint density at radius 1 is 0.735 bits per heavy atom. The van der Waals surface area contributed by atoms with E-state index in [0.717, 1.165) is 36.4 Å². The zero-order chi connectivity index (χ0) is 37.4. The van der Waals surface area contributed by atoms with E-state index in [2.05, 4.69) is 4.98 Å². The number of carboxylic acid groups (broad SMARTS) is 1. The third-order valence-electron chi connectivity index (χ3n) is 7.10. The third kappa shape index (κ3) is 8.70. The Morgan fingerprint density at radius 3 is 1.55 bits per heavy atom. The Bertz CT molecular complexity index is 1900. The molecule has 3 aromatic rings. The topological polar surface area (TPSA) is 148 Å². The van der Waals surface area contributed by atoms with Crippen LogP contribution in [0.1, 0.15) is 43.5 Å². The number of amides is 1. The fraction of sp³-hybridized carbons (Fsp3) is 0.345. The van der Waals surface area contributed by atoms with E-state index in [1.165, 1.54) is 13.8 Å². The van der Waals surface area contributed by atoms with E-state index in [0.29, 0.717) is 30.3 Å². The highest BCUT2D eigenvalue weighted by molar-refractivity contribution is 7.94. The molecule has 1 aromatic heterocycles. The fourth-order valence-corrected chi connectivity index (χ4v) is 8.08. The quantitative estimate of drug-likeness (QED) is 0.244. The zero-order valence-electron chi connectivity index (χ0n) is 25.0. The highest BCUT2D eigenvalue weighted by atomic mass is 32.2. The van der Waals surface area contributed by atoms with Crippen LogP contribution in [0.2, 0.25) is 0 Å². The lowest BCUT2D eigenvalue weighted by Gasteiger charge is -2.21. The Kier molecular flexibility index (Phi) is 10.9. The molecule has 0 aliphatic heterocycles. The van der Waals surface area contributed by atoms with Crippen LogP contribution in [-0.2, 0) is 47.8 Å². The highest BCUT2D eigenvalue weighted by Gasteiger charge is 2.61. The largest absolute Gasteiger partial charge is 0.480 e. The lowest BCUT2D eigenvalue weighted by Crippen LogP contribution is -2.39. The van der Waals surface area contributed by atoms with Crippen LogP contribution >= 0.6 is 0 Å². The molecule has 4 rings (SSSR count). The summed E-state index contributed by atoms with van der Waals surface area (Å²) in [5, 5.41) is 9.19. The Labute approximate surface area is 273 Å². The number of benzene rings is 2. The van der Waals surface area contributed by atoms with E-state index in [-0.39, 0.29) is 12.8 Å². The van der Waals surface area contributed by atoms with E-state index in [1.807, 2.05) is 5.32 Å². The lowest BCUT2D eigenvalue weighted by molar-refractivity contribution is -0.141. The van der Waals surface area contributed by atoms with Crippen LogP contribution in [0.15, 0.2) is 76.5 Å². The van der Waals surface area contributed by atoms with Crippen molar-refractivity contribution in [3.63, 3.8) is 0 Å². The van der Waals surface area contributed by atoms with Gasteiger partial charge in [0, 0.05) is 0 Å². The first-order valence-corrected chi connectivity index (χ1v) is 16.7. The average Bonchev–Trinajstić information content (AvgIpc) is 3.79. The van der Waals surface area contributed by atoms with E-state index in [4.69, 9.17) is 5.11 Å². The van der Waals surface area contributed by atoms with Crippen molar-refractivity contribution in [1.29, 1.82) is 0 Å². The predicted molar refractivity (Wildman–Crippen MR) is 153 cm³/mol. The number of sulfone groups is 2. The maximum atomic E-state index is 12.9. The fourth-order valence-electron chi connectivity index (χ4n) is 4.40. The molecule has 2 N–H and O–H groups in total. The molecule has 0 spiro atoms. The first-order valence-electron chi connectivity index (χ1n) is 13.7. The SMILES string of the molecule is CC(C)C(C(=O)Nc1cccc(C(F)(F)F)n1)S(=O)(=O)c1ccc(C(F)(F)F)cc1.O=C(O)C1(S(=O)(=O)c2ccc(C(F)(F)F)cc2)CC1. The summed E-state index contributed by atoms with van der Waals surface area (Å²) in [6.07, 6.45) is -14.1. The standard InChI is InChI=1S/C18H16F6N2O3S.C11H9F3O4S/c1-10(2)15(16(27)26-14-5-3-4-13(25-14)18(22,23)24)30(28,29)12-8-6-11(7-9-12)17(19,20)21;12-11(13,14)7-1-3-8(4-2-7)19(17,18)10(5-6-10)9(15)16/h3-10,15H,1-2H3,(H,25,26,27);1-4H,5-6H2,(H,15,16). The zero-order valence-corrected chi connectivity index (χ0v) is 26.6. The van der Waals surface area contributed by atoms with Gasteiger partial charge in [0.05, 0.1) is 20.9 Å². The summed E-state index contributed by atoms with van der Waals surface area (Å²) in [7, 11) is -8.61. The number of nitrogens with zero attached hydrogens (tertiary/aromatic N) is 1. The molecule has 1 aliphatic carbocycles. The van der Waals surface area contributed by atoms with Crippen molar-refractivity contribution >= 4 is 37.4 Å². The number of pyridine rings is 1. The van der Waals surface area contributed by atoms with Gasteiger partial charge in [0.1, 0.15) is 16.8 Å². The van der Waals surface area contributed by atoms with Gasteiger partial charge in [0.25, 0.3) is 0 Å². The summed E-state index contributed by atoms with van der Waals surface area (Å²) in [5.41, 5.74) is -3.33. The summed E-state index contributed by atoms with van der Waals surface area (Å²) in [4.78, 5) is 25.9. The molecule has 1 aliphatic rings. The second-order valence-electron chi connectivity index (χ2n) is 11.0. The second-order valence-corrected chi connectivity index (χ2v) is 15.3. The number of carbonyl (C=O) groups is 2. The molecule has 1 saturated carbocycles. The van der Waals surface area contributed by atoms with Gasteiger partial charge in [0.15, 0.2) is 24.4 Å². The minimum atomic E-state index is -4.77. The van der Waals surface area contributed by atoms with E-state index >= 15 is 0 Å². The Balaban J connectivity index is 0.000000293. The van der Waals surface area contributed by atoms with E-state index in [1.54, 1.807) is 0 Å². The monoisotopic (exact) mass is 748 g/mol. The number of aromatic nitrogens is 1. The van der Waals surface area contributed by atoms with Crippen LogP contribution in [0.5, 0.6) is 0 Å². The molecule has 9 nitrogen and oxygen atoms in total. The predicted octanol–water partition coefficient (Wildman–Crippen LogP) is 6.65. The molecule has 1 amide bonds. The number of carboxylic acids is 1. The van der Waals surface area contributed by atoms with Gasteiger partial charge in [-0.2, -0.15) is 39.5 Å². The van der Waals surface area contributed by atoms with Crippen molar-refractivity contribution in [2.24, 2.45) is 5.92 Å². The maximum absolute atomic E-state index is 12.9. The van der Waals surface area contributed by atoms with Gasteiger partial charge in [-0.25, -0.2) is 21.8 Å². The summed E-state index contributed by atoms with van der Waals surface area (Å²) in [5.74, 6) is -3.98. The van der Waals surface area contributed by atoms with Crippen molar-refractivity contribution < 1.29 is 71.0 Å². The van der Waals surface area contributed by atoms with Gasteiger partial charge >= 0.3 is 24.5 Å². The van der Waals surface area contributed by atoms with Gasteiger partial charge in [-0.05, 0) is 79.4 Å². The van der Waals surface area contributed by atoms with Crippen LogP contribution in [0.25, 0.3) is 0 Å². The molecule has 1 atom stereocenters. The molecule has 1 unspecified atom stereocenters. The van der Waals surface area contributed by atoms with Crippen LogP contribution < -0.4 is 5.32 Å². The summed E-state index contributed by atoms with van der Waals surface area (Å²) in [6.45, 7) is 2.76. The smallest absolute Gasteiger partial charge is 0.433 e. The maximum Gasteiger partial charge on any atom is 0.433 e. The van der Waals surface area contributed by atoms with Gasteiger partial charge in [-0.3, -0.25) is 9.59 Å². The molecule has 268 valence electrons. The molecule has 0 bridgehead atoms. The van der Waals surface area contributed by atoms with Gasteiger partial charge < -0.3 is 10.4 Å². The number of hydrogen-bond donors (Lipinski definition) is 2. The number of carbonyl (C=O) groups excluding carboxylic acids is 1. The Hall–Kier alpha value is -4.20. The van der Waals surface area contributed by atoms with Crippen molar-refractivity contribution in [2.75, 3.05) is 5.32 Å². The summed E-state index contributed by atoms with van der Waals surface area (Å²) < 4.78 is 161. The molecule has 20 heteroatoms. The van der Waals surface area contributed by atoms with Crippen LogP contribution in [0, 0.1) is 5.92 Å². The molecule has 0 radical (unpaired) electrons. The first-order chi connectivity index (χ1) is 22.2. The van der Waals surface area contributed by atoms with Gasteiger partial charge in [0.2, 0.25) is 5.91 Å². The minimum Gasteiger partial charge on any atom is -0.480 e. The van der Waals surface area contributed by atoms with Crippen LogP contribution in [0.4, 0.5) is 45.3 Å². The number of anilines is 1. The Morgan fingerprint density at radius 2 is 1.18 bits per heavy atom. The highest BCUT2D eigenvalue weighted by Crippen LogP contribution is 2.47. The molecular formula is C29H25F9N2O7S2. The molecule has 1 heterocycles. The van der Waals surface area contributed by atoms with Gasteiger partial charge in [-0.1, -0.05) is 19.9 Å². The van der Waals surface area contributed by atoms with Crippen molar-refractivity contribution in [3.05, 3.63) is 83.6 Å². The molecule has 1 fully saturated rings. The summed E-state index contributed by atoms with van der Waals surface area (Å²) in [6, 6.07) is 8.14. The third-order valence-corrected chi connectivity index (χ3v) is 12.0. The van der Waals surface area contributed by atoms with Gasteiger partial charge in [-0.15, -0.1) is 0 Å². The first kappa shape index (κ1) is 39.2. The molecule has 0 saturated heterocycles. The minimum absolute atomic E-state index is 0.0221.